The predicted molar refractivity (Wildman–Crippen MR) is 153 cm³/mol. The molecule has 0 aliphatic heterocycles. The van der Waals surface area contributed by atoms with E-state index in [1.54, 1.807) is 48.5 Å². The van der Waals surface area contributed by atoms with Gasteiger partial charge in [0.1, 0.15) is 10.7 Å². The molecule has 1 unspecified atom stereocenters. The molecule has 2 aromatic carbocycles. The van der Waals surface area contributed by atoms with Gasteiger partial charge in [0.2, 0.25) is 10.0 Å². The second-order valence-corrected chi connectivity index (χ2v) is 12.6. The van der Waals surface area contributed by atoms with Crippen LogP contribution in [0.25, 0.3) is 21.3 Å². The van der Waals surface area contributed by atoms with Crippen molar-refractivity contribution in [2.24, 2.45) is 0 Å². The van der Waals surface area contributed by atoms with Crippen LogP contribution >= 0.6 is 22.9 Å². The summed E-state index contributed by atoms with van der Waals surface area (Å²) in [5.74, 6) is 0.165. The van der Waals surface area contributed by atoms with Gasteiger partial charge in [0, 0.05) is 32.6 Å². The SMILES string of the molecule is C[C@@](O)(c1ccnc(-c2cccc3cc(C(NS(=O)(=O)c4ccc(N)nc4)c4ccccc4Cl)sc23)c1)C(F)(F)F. The number of hydrogen-bond donors (Lipinski definition) is 3. The first-order chi connectivity index (χ1) is 19.3. The number of rotatable bonds is 7. The van der Waals surface area contributed by atoms with Gasteiger partial charge < -0.3 is 10.8 Å². The van der Waals surface area contributed by atoms with Gasteiger partial charge >= 0.3 is 6.18 Å². The van der Waals surface area contributed by atoms with Gasteiger partial charge in [0.15, 0.2) is 5.60 Å². The number of thiophene rings is 1. The van der Waals surface area contributed by atoms with E-state index in [1.807, 2.05) is 0 Å². The van der Waals surface area contributed by atoms with E-state index in [0.717, 1.165) is 12.3 Å². The van der Waals surface area contributed by atoms with Crippen LogP contribution in [-0.2, 0) is 15.6 Å². The first-order valence-corrected chi connectivity index (χ1v) is 14.7. The van der Waals surface area contributed by atoms with Crippen molar-refractivity contribution >= 4 is 48.9 Å². The van der Waals surface area contributed by atoms with Crippen LogP contribution in [0.4, 0.5) is 19.0 Å². The molecule has 3 heterocycles. The van der Waals surface area contributed by atoms with Crippen LogP contribution in [0.5, 0.6) is 0 Å². The first kappa shape index (κ1) is 29.0. The number of nitrogens with two attached hydrogens (primary N) is 1. The monoisotopic (exact) mass is 618 g/mol. The van der Waals surface area contributed by atoms with Crippen LogP contribution in [0.1, 0.15) is 29.0 Å². The minimum Gasteiger partial charge on any atom is -0.384 e. The zero-order valence-corrected chi connectivity index (χ0v) is 23.6. The van der Waals surface area contributed by atoms with E-state index >= 15 is 0 Å². The molecule has 2 atom stereocenters. The molecule has 0 saturated carbocycles. The van der Waals surface area contributed by atoms with Gasteiger partial charge in [-0.25, -0.2) is 13.4 Å². The number of hydrogen-bond acceptors (Lipinski definition) is 7. The van der Waals surface area contributed by atoms with Gasteiger partial charge in [-0.2, -0.15) is 17.9 Å². The van der Waals surface area contributed by atoms with Crippen LogP contribution in [-0.4, -0.2) is 29.7 Å². The predicted octanol–water partition coefficient (Wildman–Crippen LogP) is 6.43. The highest BCUT2D eigenvalue weighted by Gasteiger charge is 2.51. The molecule has 5 rings (SSSR count). The Bertz CT molecular complexity index is 1840. The molecule has 0 spiro atoms. The maximum atomic E-state index is 13.5. The Kier molecular flexibility index (Phi) is 7.55. The van der Waals surface area contributed by atoms with Gasteiger partial charge in [-0.05, 0) is 59.8 Å². The van der Waals surface area contributed by atoms with Crippen molar-refractivity contribution < 1.29 is 26.7 Å². The van der Waals surface area contributed by atoms with Crippen molar-refractivity contribution in [3.05, 3.63) is 106 Å². The molecule has 7 nitrogen and oxygen atoms in total. The fraction of sp³-hybridized carbons (Fsp3) is 0.143. The topological polar surface area (TPSA) is 118 Å². The number of nitrogen functional groups attached to an aromatic ring is 1. The number of fused-ring (bicyclic) bond motifs is 1. The summed E-state index contributed by atoms with van der Waals surface area (Å²) in [7, 11) is -4.09. The maximum absolute atomic E-state index is 13.5. The summed E-state index contributed by atoms with van der Waals surface area (Å²) >= 11 is 7.74. The van der Waals surface area contributed by atoms with Gasteiger partial charge in [0.25, 0.3) is 0 Å². The van der Waals surface area contributed by atoms with Crippen molar-refractivity contribution in [1.29, 1.82) is 0 Å². The summed E-state index contributed by atoms with van der Waals surface area (Å²) in [5.41, 5.74) is 3.41. The number of alkyl halides is 3. The molecule has 3 aromatic heterocycles. The molecular formula is C28H22ClF3N4O3S2. The lowest BCUT2D eigenvalue weighted by molar-refractivity contribution is -0.258. The summed E-state index contributed by atoms with van der Waals surface area (Å²) < 4.78 is 70.7. The second kappa shape index (κ2) is 10.7. The van der Waals surface area contributed by atoms with E-state index in [-0.39, 0.29) is 22.0 Å². The third-order valence-electron chi connectivity index (χ3n) is 6.56. The molecule has 0 fully saturated rings. The van der Waals surface area contributed by atoms with Crippen molar-refractivity contribution in [3.8, 4) is 11.3 Å². The summed E-state index contributed by atoms with van der Waals surface area (Å²) in [6.45, 7) is 0.687. The Balaban J connectivity index is 1.63. The van der Waals surface area contributed by atoms with Crippen molar-refractivity contribution in [2.75, 3.05) is 5.73 Å². The number of nitrogens with zero attached hydrogens (tertiary/aromatic N) is 2. The number of anilines is 1. The largest absolute Gasteiger partial charge is 0.421 e. The third kappa shape index (κ3) is 5.66. The molecular weight excluding hydrogens is 597 g/mol. The van der Waals surface area contributed by atoms with Gasteiger partial charge in [-0.1, -0.05) is 48.0 Å². The smallest absolute Gasteiger partial charge is 0.384 e. The van der Waals surface area contributed by atoms with Crippen LogP contribution in [0.3, 0.4) is 0 Å². The fourth-order valence-corrected chi connectivity index (χ4v) is 6.94. The van der Waals surface area contributed by atoms with Crippen LogP contribution < -0.4 is 10.5 Å². The molecule has 13 heteroatoms. The molecule has 0 aliphatic rings. The third-order valence-corrected chi connectivity index (χ3v) is 9.56. The number of halogens is 4. The standard InChI is InChI=1S/C28H22ClF3N4O3S2/c1-27(37,28(30,31)32)17-11-12-34-22(14-17)20-7-4-5-16-13-23(40-26(16)20)25(19-6-2-3-8-21(19)29)36-41(38,39)18-9-10-24(33)35-15-18/h2-15,25,36-37H,1H3,(H2,33,35)/t25?,27-/m1/s1. The van der Waals surface area contributed by atoms with Crippen molar-refractivity contribution in [1.82, 2.24) is 14.7 Å². The first-order valence-electron chi connectivity index (χ1n) is 12.0. The Morgan fingerprint density at radius 3 is 2.46 bits per heavy atom. The Labute approximate surface area is 242 Å². The Hall–Kier alpha value is -3.55. The average molecular weight is 619 g/mol. The van der Waals surface area contributed by atoms with E-state index in [0.29, 0.717) is 38.0 Å². The molecule has 5 aromatic rings. The van der Waals surface area contributed by atoms with E-state index in [2.05, 4.69) is 14.7 Å². The number of nitrogens with one attached hydrogen (secondary N) is 1. The van der Waals surface area contributed by atoms with Gasteiger partial charge in [-0.3, -0.25) is 4.98 Å². The van der Waals surface area contributed by atoms with E-state index in [9.17, 15) is 26.7 Å². The van der Waals surface area contributed by atoms with E-state index < -0.39 is 27.8 Å². The highest BCUT2D eigenvalue weighted by molar-refractivity contribution is 7.89. The van der Waals surface area contributed by atoms with Crippen LogP contribution in [0, 0.1) is 0 Å². The number of sulfonamides is 1. The number of aliphatic hydroxyl groups is 1. The van der Waals surface area contributed by atoms with E-state index in [1.165, 1.54) is 35.7 Å². The highest BCUT2D eigenvalue weighted by Crippen LogP contribution is 2.42. The molecule has 212 valence electrons. The van der Waals surface area contributed by atoms with Crippen molar-refractivity contribution in [3.63, 3.8) is 0 Å². The van der Waals surface area contributed by atoms with E-state index in [4.69, 9.17) is 17.3 Å². The fourth-order valence-electron chi connectivity index (χ4n) is 4.23. The molecule has 0 aliphatic carbocycles. The van der Waals surface area contributed by atoms with Crippen molar-refractivity contribution in [2.45, 2.75) is 29.6 Å². The molecule has 0 radical (unpaired) electrons. The zero-order valence-electron chi connectivity index (χ0n) is 21.2. The summed E-state index contributed by atoms with van der Waals surface area (Å²) in [5, 5.41) is 11.3. The lowest BCUT2D eigenvalue weighted by atomic mass is 9.94. The minimum absolute atomic E-state index is 0.0942. The number of aromatic nitrogens is 2. The quantitative estimate of drug-likeness (QED) is 0.193. The molecule has 4 N–H and O–H groups in total. The minimum atomic E-state index is -4.90. The average Bonchev–Trinajstić information content (AvgIpc) is 3.36. The normalized spacial score (nSPS) is 14.6. The zero-order chi connectivity index (χ0) is 29.6. The second-order valence-electron chi connectivity index (χ2n) is 9.37. The Morgan fingerprint density at radius 1 is 1.02 bits per heavy atom. The lowest BCUT2D eigenvalue weighted by Gasteiger charge is -2.26. The highest BCUT2D eigenvalue weighted by atomic mass is 35.5. The summed E-state index contributed by atoms with van der Waals surface area (Å²) in [4.78, 5) is 8.62. The summed E-state index contributed by atoms with van der Waals surface area (Å²) in [6.07, 6.45) is -2.54. The Morgan fingerprint density at radius 2 is 1.78 bits per heavy atom. The maximum Gasteiger partial charge on any atom is 0.421 e. The number of benzene rings is 2. The molecule has 0 amide bonds. The van der Waals surface area contributed by atoms with Gasteiger partial charge in [0.05, 0.1) is 11.7 Å². The molecule has 0 saturated heterocycles. The lowest BCUT2D eigenvalue weighted by Crippen LogP contribution is -2.39. The molecule has 41 heavy (non-hydrogen) atoms. The summed E-state index contributed by atoms with van der Waals surface area (Å²) in [6, 6.07) is 17.9. The van der Waals surface area contributed by atoms with Crippen LogP contribution in [0.15, 0.2) is 90.1 Å². The molecule has 0 bridgehead atoms. The van der Waals surface area contributed by atoms with Crippen LogP contribution in [0.2, 0.25) is 5.02 Å². The van der Waals surface area contributed by atoms with Gasteiger partial charge in [-0.15, -0.1) is 11.3 Å². The number of pyridine rings is 2.